The van der Waals surface area contributed by atoms with E-state index in [1.807, 2.05) is 41.8 Å². The van der Waals surface area contributed by atoms with Crippen LogP contribution in [-0.4, -0.2) is 23.0 Å². The first-order valence-electron chi connectivity index (χ1n) is 5.76. The number of thiophene rings is 1. The molecule has 5 heteroatoms. The monoisotopic (exact) mass is 275 g/mol. The summed E-state index contributed by atoms with van der Waals surface area (Å²) in [7, 11) is 0. The molecule has 0 saturated heterocycles. The quantitative estimate of drug-likeness (QED) is 0.901. The smallest absolute Gasteiger partial charge is 0.325 e. The second-order valence-electron chi connectivity index (χ2n) is 4.06. The van der Waals surface area contributed by atoms with Gasteiger partial charge < -0.3 is 10.4 Å². The van der Waals surface area contributed by atoms with E-state index in [0.717, 1.165) is 11.1 Å². The van der Waals surface area contributed by atoms with Crippen molar-refractivity contribution in [2.45, 2.75) is 13.0 Å². The minimum atomic E-state index is -1.05. The number of hydrogen-bond donors (Lipinski definition) is 2. The Balaban J connectivity index is 2.25. The van der Waals surface area contributed by atoms with Gasteiger partial charge in [-0.3, -0.25) is 9.59 Å². The maximum absolute atomic E-state index is 12.1. The molecule has 0 unspecified atom stereocenters. The van der Waals surface area contributed by atoms with E-state index in [0.29, 0.717) is 4.88 Å². The highest BCUT2D eigenvalue weighted by atomic mass is 32.1. The molecule has 1 heterocycles. The second-order valence-corrected chi connectivity index (χ2v) is 4.98. The summed E-state index contributed by atoms with van der Waals surface area (Å²) < 4.78 is 0. The van der Waals surface area contributed by atoms with Gasteiger partial charge in [0.2, 0.25) is 0 Å². The standard InChI is InChI=1S/C14H13NO3S/c1-9(14(17)18)15-13(16)12-11(7-8-19-12)10-5-3-2-4-6-10/h2-9H,1H3,(H,15,16)(H,17,18)/t9-/m0/s1. The van der Waals surface area contributed by atoms with Crippen LogP contribution in [0.1, 0.15) is 16.6 Å². The van der Waals surface area contributed by atoms with Gasteiger partial charge in [0.1, 0.15) is 6.04 Å². The fraction of sp³-hybridized carbons (Fsp3) is 0.143. The molecule has 2 aromatic rings. The van der Waals surface area contributed by atoms with Crippen LogP contribution in [-0.2, 0) is 4.79 Å². The third-order valence-electron chi connectivity index (χ3n) is 2.67. The van der Waals surface area contributed by atoms with E-state index in [-0.39, 0.29) is 5.91 Å². The molecule has 0 bridgehead atoms. The van der Waals surface area contributed by atoms with Crippen LogP contribution in [0.15, 0.2) is 41.8 Å². The molecular formula is C14H13NO3S. The lowest BCUT2D eigenvalue weighted by molar-refractivity contribution is -0.138. The highest BCUT2D eigenvalue weighted by molar-refractivity contribution is 7.12. The summed E-state index contributed by atoms with van der Waals surface area (Å²) in [6, 6.07) is 10.5. The third kappa shape index (κ3) is 3.00. The Hall–Kier alpha value is -2.14. The van der Waals surface area contributed by atoms with Crippen LogP contribution < -0.4 is 5.32 Å². The zero-order chi connectivity index (χ0) is 13.8. The van der Waals surface area contributed by atoms with Gasteiger partial charge in [0.15, 0.2) is 0 Å². The first-order valence-corrected chi connectivity index (χ1v) is 6.64. The van der Waals surface area contributed by atoms with Gasteiger partial charge in [-0.15, -0.1) is 11.3 Å². The van der Waals surface area contributed by atoms with Crippen molar-refractivity contribution in [2.24, 2.45) is 0 Å². The lowest BCUT2D eigenvalue weighted by atomic mass is 10.1. The number of carboxylic acid groups (broad SMARTS) is 1. The fourth-order valence-corrected chi connectivity index (χ4v) is 2.47. The largest absolute Gasteiger partial charge is 0.480 e. The van der Waals surface area contributed by atoms with Crippen LogP contribution >= 0.6 is 11.3 Å². The Morgan fingerprint density at radius 1 is 1.21 bits per heavy atom. The molecule has 2 rings (SSSR count). The normalized spacial score (nSPS) is 11.8. The van der Waals surface area contributed by atoms with Crippen molar-refractivity contribution in [1.82, 2.24) is 5.32 Å². The molecule has 1 atom stereocenters. The van der Waals surface area contributed by atoms with Crippen LogP contribution in [0.4, 0.5) is 0 Å². The number of benzene rings is 1. The Morgan fingerprint density at radius 2 is 1.89 bits per heavy atom. The molecule has 0 aliphatic carbocycles. The zero-order valence-corrected chi connectivity index (χ0v) is 11.1. The second kappa shape index (κ2) is 5.67. The Kier molecular flexibility index (Phi) is 3.97. The number of hydrogen-bond acceptors (Lipinski definition) is 3. The van der Waals surface area contributed by atoms with Crippen molar-refractivity contribution in [3.05, 3.63) is 46.7 Å². The van der Waals surface area contributed by atoms with Gasteiger partial charge in [-0.1, -0.05) is 30.3 Å². The number of carbonyl (C=O) groups is 2. The molecule has 0 saturated carbocycles. The highest BCUT2D eigenvalue weighted by Crippen LogP contribution is 2.28. The van der Waals surface area contributed by atoms with E-state index in [9.17, 15) is 9.59 Å². The van der Waals surface area contributed by atoms with Gasteiger partial charge in [-0.25, -0.2) is 0 Å². The summed E-state index contributed by atoms with van der Waals surface area (Å²) in [6.45, 7) is 1.44. The Bertz CT molecular complexity index is 592. The summed E-state index contributed by atoms with van der Waals surface area (Å²) in [5.74, 6) is -1.41. The Labute approximate surface area is 114 Å². The average molecular weight is 275 g/mol. The molecule has 1 aromatic carbocycles. The van der Waals surface area contributed by atoms with Crippen molar-refractivity contribution in [1.29, 1.82) is 0 Å². The van der Waals surface area contributed by atoms with E-state index in [4.69, 9.17) is 5.11 Å². The molecule has 0 aliphatic heterocycles. The lowest BCUT2D eigenvalue weighted by Gasteiger charge is -2.09. The summed E-state index contributed by atoms with van der Waals surface area (Å²) >= 11 is 1.30. The Morgan fingerprint density at radius 3 is 2.53 bits per heavy atom. The number of rotatable bonds is 4. The number of aliphatic carboxylic acids is 1. The van der Waals surface area contributed by atoms with Gasteiger partial charge in [0, 0.05) is 5.56 Å². The van der Waals surface area contributed by atoms with Gasteiger partial charge in [0.05, 0.1) is 4.88 Å². The zero-order valence-electron chi connectivity index (χ0n) is 10.3. The predicted octanol–water partition coefficient (Wildman–Crippen LogP) is 2.62. The van der Waals surface area contributed by atoms with E-state index >= 15 is 0 Å². The predicted molar refractivity (Wildman–Crippen MR) is 74.3 cm³/mol. The molecule has 1 amide bonds. The molecule has 0 aliphatic rings. The number of carbonyl (C=O) groups excluding carboxylic acids is 1. The average Bonchev–Trinajstić information content (AvgIpc) is 2.88. The minimum absolute atomic E-state index is 0.358. The minimum Gasteiger partial charge on any atom is -0.480 e. The lowest BCUT2D eigenvalue weighted by Crippen LogP contribution is -2.38. The maximum atomic E-state index is 12.1. The summed E-state index contributed by atoms with van der Waals surface area (Å²) in [6.07, 6.45) is 0. The molecule has 2 N–H and O–H groups in total. The first-order chi connectivity index (χ1) is 9.09. The van der Waals surface area contributed by atoms with Crippen LogP contribution in [0.2, 0.25) is 0 Å². The van der Waals surface area contributed by atoms with Crippen molar-refractivity contribution >= 4 is 23.2 Å². The number of carboxylic acids is 1. The van der Waals surface area contributed by atoms with Crippen LogP contribution in [0.25, 0.3) is 11.1 Å². The van der Waals surface area contributed by atoms with E-state index in [1.165, 1.54) is 18.3 Å². The summed E-state index contributed by atoms with van der Waals surface area (Å²) in [5.41, 5.74) is 1.76. The molecule has 0 radical (unpaired) electrons. The van der Waals surface area contributed by atoms with E-state index in [2.05, 4.69) is 5.32 Å². The van der Waals surface area contributed by atoms with Gasteiger partial charge in [-0.2, -0.15) is 0 Å². The van der Waals surface area contributed by atoms with Crippen LogP contribution in [0.5, 0.6) is 0 Å². The molecule has 19 heavy (non-hydrogen) atoms. The number of nitrogens with one attached hydrogen (secondary N) is 1. The van der Waals surface area contributed by atoms with Gasteiger partial charge in [0.25, 0.3) is 5.91 Å². The molecule has 4 nitrogen and oxygen atoms in total. The van der Waals surface area contributed by atoms with Gasteiger partial charge >= 0.3 is 5.97 Å². The fourth-order valence-electron chi connectivity index (χ4n) is 1.65. The highest BCUT2D eigenvalue weighted by Gasteiger charge is 2.19. The van der Waals surface area contributed by atoms with Crippen molar-refractivity contribution < 1.29 is 14.7 Å². The SMILES string of the molecule is C[C@H](NC(=O)c1sccc1-c1ccccc1)C(=O)O. The molecule has 98 valence electrons. The van der Waals surface area contributed by atoms with Crippen molar-refractivity contribution in [3.8, 4) is 11.1 Å². The summed E-state index contributed by atoms with van der Waals surface area (Å²) in [5, 5.41) is 13.1. The summed E-state index contributed by atoms with van der Waals surface area (Å²) in [4.78, 5) is 23.3. The van der Waals surface area contributed by atoms with Crippen molar-refractivity contribution in [3.63, 3.8) is 0 Å². The van der Waals surface area contributed by atoms with E-state index < -0.39 is 12.0 Å². The topological polar surface area (TPSA) is 66.4 Å². The van der Waals surface area contributed by atoms with Crippen LogP contribution in [0.3, 0.4) is 0 Å². The van der Waals surface area contributed by atoms with Gasteiger partial charge in [-0.05, 0) is 23.9 Å². The number of amides is 1. The van der Waals surface area contributed by atoms with Crippen LogP contribution in [0, 0.1) is 0 Å². The molecule has 0 fully saturated rings. The molecular weight excluding hydrogens is 262 g/mol. The molecule has 1 aromatic heterocycles. The first kappa shape index (κ1) is 13.3. The van der Waals surface area contributed by atoms with Crippen molar-refractivity contribution in [2.75, 3.05) is 0 Å². The van der Waals surface area contributed by atoms with E-state index in [1.54, 1.807) is 0 Å². The molecule has 0 spiro atoms. The third-order valence-corrected chi connectivity index (χ3v) is 3.59. The maximum Gasteiger partial charge on any atom is 0.325 e.